The van der Waals surface area contributed by atoms with Crippen LogP contribution in [0.1, 0.15) is 32.1 Å². The van der Waals surface area contributed by atoms with Crippen molar-refractivity contribution in [3.05, 3.63) is 18.3 Å². The minimum absolute atomic E-state index is 0.499. The average Bonchev–Trinajstić information content (AvgIpc) is 2.46. The third-order valence-electron chi connectivity index (χ3n) is 4.48. The number of nitrogens with two attached hydrogens (primary N) is 1. The lowest BCUT2D eigenvalue weighted by Gasteiger charge is -2.44. The molecular weight excluding hydrogens is 238 g/mol. The highest BCUT2D eigenvalue weighted by Gasteiger charge is 2.33. The lowest BCUT2D eigenvalue weighted by Crippen LogP contribution is -2.49. The number of rotatable bonds is 3. The summed E-state index contributed by atoms with van der Waals surface area (Å²) in [4.78, 5) is 6.73. The maximum atomic E-state index is 5.91. The SMILES string of the molecule is Nc1ncccc1OC[C@@H]1CCCN2CCCC[C@H]12. The Morgan fingerprint density at radius 3 is 3.05 bits per heavy atom. The van der Waals surface area contributed by atoms with Crippen molar-refractivity contribution in [1.82, 2.24) is 9.88 Å². The molecule has 0 saturated carbocycles. The number of pyridine rings is 1. The summed E-state index contributed by atoms with van der Waals surface area (Å²) >= 11 is 0. The first-order valence-electron chi connectivity index (χ1n) is 7.42. The zero-order valence-electron chi connectivity index (χ0n) is 11.4. The van der Waals surface area contributed by atoms with Crippen LogP contribution in [0.5, 0.6) is 5.75 Å². The van der Waals surface area contributed by atoms with Gasteiger partial charge in [0.1, 0.15) is 0 Å². The van der Waals surface area contributed by atoms with E-state index in [0.717, 1.165) is 18.4 Å². The van der Waals surface area contributed by atoms with Gasteiger partial charge in [0.2, 0.25) is 0 Å². The van der Waals surface area contributed by atoms with Gasteiger partial charge in [0.25, 0.3) is 0 Å². The second-order valence-corrected chi connectivity index (χ2v) is 5.70. The summed E-state index contributed by atoms with van der Waals surface area (Å²) in [7, 11) is 0. The van der Waals surface area contributed by atoms with Crippen LogP contribution >= 0.6 is 0 Å². The molecule has 1 aromatic heterocycles. The predicted octanol–water partition coefficient (Wildman–Crippen LogP) is 2.31. The van der Waals surface area contributed by atoms with Crippen molar-refractivity contribution in [3.8, 4) is 5.75 Å². The largest absolute Gasteiger partial charge is 0.489 e. The van der Waals surface area contributed by atoms with Gasteiger partial charge in [0.15, 0.2) is 11.6 Å². The molecular formula is C15H23N3O. The van der Waals surface area contributed by atoms with E-state index in [1.165, 1.54) is 45.2 Å². The van der Waals surface area contributed by atoms with E-state index in [1.54, 1.807) is 6.20 Å². The number of ether oxygens (including phenoxy) is 1. The Labute approximate surface area is 115 Å². The highest BCUT2D eigenvalue weighted by molar-refractivity contribution is 5.44. The Kier molecular flexibility index (Phi) is 3.87. The number of aromatic nitrogens is 1. The first-order chi connectivity index (χ1) is 9.34. The van der Waals surface area contributed by atoms with Gasteiger partial charge >= 0.3 is 0 Å². The molecule has 0 spiro atoms. The number of hydrogen-bond acceptors (Lipinski definition) is 4. The minimum atomic E-state index is 0.499. The summed E-state index contributed by atoms with van der Waals surface area (Å²) in [6.07, 6.45) is 8.34. The van der Waals surface area contributed by atoms with Crippen LogP contribution < -0.4 is 10.5 Å². The monoisotopic (exact) mass is 261 g/mol. The van der Waals surface area contributed by atoms with E-state index >= 15 is 0 Å². The summed E-state index contributed by atoms with van der Waals surface area (Å²) in [5.74, 6) is 1.88. The van der Waals surface area contributed by atoms with Crippen molar-refractivity contribution < 1.29 is 4.74 Å². The first kappa shape index (κ1) is 12.7. The molecule has 0 amide bonds. The van der Waals surface area contributed by atoms with E-state index in [4.69, 9.17) is 10.5 Å². The predicted molar refractivity (Wildman–Crippen MR) is 76.1 cm³/mol. The van der Waals surface area contributed by atoms with Gasteiger partial charge in [-0.2, -0.15) is 0 Å². The van der Waals surface area contributed by atoms with E-state index in [9.17, 15) is 0 Å². The van der Waals surface area contributed by atoms with E-state index in [2.05, 4.69) is 9.88 Å². The topological polar surface area (TPSA) is 51.4 Å². The summed E-state index contributed by atoms with van der Waals surface area (Å²) in [5, 5.41) is 0. The van der Waals surface area contributed by atoms with Crippen molar-refractivity contribution in [3.63, 3.8) is 0 Å². The average molecular weight is 261 g/mol. The molecule has 0 aliphatic carbocycles. The van der Waals surface area contributed by atoms with Gasteiger partial charge < -0.3 is 10.5 Å². The Bertz CT molecular complexity index is 422. The molecule has 3 rings (SSSR count). The zero-order valence-corrected chi connectivity index (χ0v) is 11.4. The first-order valence-corrected chi connectivity index (χ1v) is 7.42. The van der Waals surface area contributed by atoms with Crippen LogP contribution in [-0.4, -0.2) is 35.6 Å². The van der Waals surface area contributed by atoms with Crippen molar-refractivity contribution in [2.75, 3.05) is 25.4 Å². The zero-order chi connectivity index (χ0) is 13.1. The summed E-state index contributed by atoms with van der Waals surface area (Å²) in [6, 6.07) is 4.50. The van der Waals surface area contributed by atoms with E-state index in [1.807, 2.05) is 12.1 Å². The number of nitrogens with zero attached hydrogens (tertiary/aromatic N) is 2. The molecule has 0 radical (unpaired) electrons. The Balaban J connectivity index is 1.61. The molecule has 2 aliphatic rings. The van der Waals surface area contributed by atoms with Gasteiger partial charge in [0.05, 0.1) is 6.61 Å². The maximum absolute atomic E-state index is 5.91. The van der Waals surface area contributed by atoms with Crippen LogP contribution in [0.2, 0.25) is 0 Å². The summed E-state index contributed by atoms with van der Waals surface area (Å²) < 4.78 is 5.91. The Morgan fingerprint density at radius 2 is 2.16 bits per heavy atom. The Hall–Kier alpha value is -1.29. The number of anilines is 1. The van der Waals surface area contributed by atoms with E-state index in [0.29, 0.717) is 11.7 Å². The minimum Gasteiger partial charge on any atom is -0.489 e. The molecule has 2 saturated heterocycles. The fourth-order valence-electron chi connectivity index (χ4n) is 3.49. The summed E-state index contributed by atoms with van der Waals surface area (Å²) in [6.45, 7) is 3.32. The molecule has 2 fully saturated rings. The van der Waals surface area contributed by atoms with Gasteiger partial charge in [-0.15, -0.1) is 0 Å². The number of hydrogen-bond donors (Lipinski definition) is 1. The van der Waals surface area contributed by atoms with Crippen LogP contribution in [0.15, 0.2) is 18.3 Å². The lowest BCUT2D eigenvalue weighted by molar-refractivity contribution is 0.0367. The van der Waals surface area contributed by atoms with Crippen molar-refractivity contribution in [1.29, 1.82) is 0 Å². The van der Waals surface area contributed by atoms with Gasteiger partial charge in [-0.1, -0.05) is 6.42 Å². The quantitative estimate of drug-likeness (QED) is 0.907. The molecule has 0 aromatic carbocycles. The second-order valence-electron chi connectivity index (χ2n) is 5.70. The van der Waals surface area contributed by atoms with Gasteiger partial charge in [0, 0.05) is 18.2 Å². The summed E-state index contributed by atoms with van der Waals surface area (Å²) in [5.41, 5.74) is 5.82. The van der Waals surface area contributed by atoms with Gasteiger partial charge in [-0.05, 0) is 50.9 Å². The standard InChI is InChI=1S/C15H23N3O/c16-15-14(7-3-8-17-15)19-11-12-5-4-10-18-9-2-1-6-13(12)18/h3,7-8,12-13H,1-2,4-6,9-11H2,(H2,16,17)/t12-,13+/m0/s1. The van der Waals surface area contributed by atoms with Crippen LogP contribution in [0.3, 0.4) is 0 Å². The normalized spacial score (nSPS) is 27.8. The van der Waals surface area contributed by atoms with Gasteiger partial charge in [-0.3, -0.25) is 4.90 Å². The molecule has 2 aliphatic heterocycles. The molecule has 0 unspecified atom stereocenters. The third kappa shape index (κ3) is 2.84. The smallest absolute Gasteiger partial charge is 0.166 e. The van der Waals surface area contributed by atoms with Crippen molar-refractivity contribution >= 4 is 5.82 Å². The molecule has 4 heteroatoms. The molecule has 19 heavy (non-hydrogen) atoms. The maximum Gasteiger partial charge on any atom is 0.166 e. The lowest BCUT2D eigenvalue weighted by atomic mass is 9.84. The molecule has 0 bridgehead atoms. The number of piperidine rings is 2. The number of nitrogen functional groups attached to an aromatic ring is 1. The highest BCUT2D eigenvalue weighted by atomic mass is 16.5. The highest BCUT2D eigenvalue weighted by Crippen LogP contribution is 2.31. The fraction of sp³-hybridized carbons (Fsp3) is 0.667. The van der Waals surface area contributed by atoms with Crippen LogP contribution in [-0.2, 0) is 0 Å². The fourth-order valence-corrected chi connectivity index (χ4v) is 3.49. The van der Waals surface area contributed by atoms with E-state index < -0.39 is 0 Å². The van der Waals surface area contributed by atoms with Crippen molar-refractivity contribution in [2.24, 2.45) is 5.92 Å². The van der Waals surface area contributed by atoms with Crippen LogP contribution in [0.25, 0.3) is 0 Å². The van der Waals surface area contributed by atoms with Crippen LogP contribution in [0.4, 0.5) is 5.82 Å². The molecule has 4 nitrogen and oxygen atoms in total. The molecule has 1 aromatic rings. The van der Waals surface area contributed by atoms with Crippen molar-refractivity contribution in [2.45, 2.75) is 38.1 Å². The molecule has 2 N–H and O–H groups in total. The van der Waals surface area contributed by atoms with Crippen LogP contribution in [0, 0.1) is 5.92 Å². The third-order valence-corrected chi connectivity index (χ3v) is 4.48. The second kappa shape index (κ2) is 5.78. The Morgan fingerprint density at radius 1 is 1.26 bits per heavy atom. The van der Waals surface area contributed by atoms with Gasteiger partial charge in [-0.25, -0.2) is 4.98 Å². The number of fused-ring (bicyclic) bond motifs is 1. The molecule has 104 valence electrons. The van der Waals surface area contributed by atoms with E-state index in [-0.39, 0.29) is 0 Å². The molecule has 2 atom stereocenters. The molecule has 3 heterocycles.